The van der Waals surface area contributed by atoms with E-state index in [0.717, 1.165) is 67.2 Å². The molecule has 0 N–H and O–H groups in total. The fourth-order valence-electron chi connectivity index (χ4n) is 4.40. The lowest BCUT2D eigenvalue weighted by molar-refractivity contribution is 0.0629. The van der Waals surface area contributed by atoms with Gasteiger partial charge in [-0.3, -0.25) is 4.79 Å². The molecule has 2 aromatic heterocycles. The number of aryl methyl sites for hydroxylation is 1. The summed E-state index contributed by atoms with van der Waals surface area (Å²) in [6.45, 7) is 7.64. The second kappa shape index (κ2) is 8.41. The van der Waals surface area contributed by atoms with Crippen LogP contribution < -0.4 is 4.90 Å². The maximum atomic E-state index is 13.5. The van der Waals surface area contributed by atoms with Crippen LogP contribution in [-0.4, -0.2) is 51.1 Å². The van der Waals surface area contributed by atoms with Crippen LogP contribution in [0, 0.1) is 6.92 Å². The maximum absolute atomic E-state index is 13.5. The number of carbonyl (C=O) groups excluding carboxylic acids is 1. The molecule has 3 aromatic rings. The van der Waals surface area contributed by atoms with Gasteiger partial charge in [0.05, 0.1) is 5.69 Å². The number of nitrogens with zero attached hydrogens (tertiary/aromatic N) is 5. The number of oxazole rings is 1. The monoisotopic (exact) mass is 435 g/mol. The van der Waals surface area contributed by atoms with Crippen LogP contribution in [0.4, 0.5) is 6.01 Å². The first kappa shape index (κ1) is 20.7. The Bertz CT molecular complexity index is 1080. The Morgan fingerprint density at radius 2 is 1.78 bits per heavy atom. The van der Waals surface area contributed by atoms with Gasteiger partial charge < -0.3 is 18.7 Å². The third kappa shape index (κ3) is 4.01. The Hall–Kier alpha value is -3.16. The Labute approximate surface area is 187 Å². The van der Waals surface area contributed by atoms with Crippen LogP contribution in [0.15, 0.2) is 39.6 Å². The SMILES string of the molecule is Cc1ncoc1-c1ccc(C(=O)N(C2CC2)C2CCN(c3nc(C(C)C)no3)CC2)cc1. The zero-order valence-corrected chi connectivity index (χ0v) is 18.8. The Kier molecular flexibility index (Phi) is 5.45. The van der Waals surface area contributed by atoms with Crippen LogP contribution >= 0.6 is 0 Å². The summed E-state index contributed by atoms with van der Waals surface area (Å²) in [5.41, 5.74) is 2.50. The molecule has 168 valence electrons. The second-order valence-electron chi connectivity index (χ2n) is 9.10. The van der Waals surface area contributed by atoms with Gasteiger partial charge in [-0.15, -0.1) is 0 Å². The number of amides is 1. The van der Waals surface area contributed by atoms with E-state index in [0.29, 0.717) is 12.1 Å². The minimum Gasteiger partial charge on any atom is -0.443 e. The van der Waals surface area contributed by atoms with Gasteiger partial charge in [0.2, 0.25) is 0 Å². The van der Waals surface area contributed by atoms with Gasteiger partial charge in [0.1, 0.15) is 0 Å². The molecule has 3 heterocycles. The molecule has 1 aliphatic heterocycles. The van der Waals surface area contributed by atoms with Gasteiger partial charge in [-0.2, -0.15) is 4.98 Å². The topological polar surface area (TPSA) is 88.5 Å². The number of hydrogen-bond donors (Lipinski definition) is 0. The highest BCUT2D eigenvalue weighted by atomic mass is 16.5. The average Bonchev–Trinajstić information content (AvgIpc) is 3.32. The quantitative estimate of drug-likeness (QED) is 0.566. The van der Waals surface area contributed by atoms with E-state index >= 15 is 0 Å². The fraction of sp³-hybridized carbons (Fsp3) is 0.500. The number of benzene rings is 1. The molecule has 2 aliphatic rings. The molecular formula is C24H29N5O3. The van der Waals surface area contributed by atoms with E-state index < -0.39 is 0 Å². The molecule has 1 saturated heterocycles. The minimum absolute atomic E-state index is 0.117. The Morgan fingerprint density at radius 1 is 1.09 bits per heavy atom. The van der Waals surface area contributed by atoms with Gasteiger partial charge in [0.25, 0.3) is 5.91 Å². The highest BCUT2D eigenvalue weighted by Crippen LogP contribution is 2.34. The third-order valence-electron chi connectivity index (χ3n) is 6.39. The maximum Gasteiger partial charge on any atom is 0.324 e. The van der Waals surface area contributed by atoms with E-state index in [-0.39, 0.29) is 17.9 Å². The zero-order valence-electron chi connectivity index (χ0n) is 18.8. The summed E-state index contributed by atoms with van der Waals surface area (Å²) in [6.07, 6.45) is 5.42. The van der Waals surface area contributed by atoms with E-state index in [2.05, 4.69) is 38.8 Å². The summed E-state index contributed by atoms with van der Waals surface area (Å²) < 4.78 is 10.9. The van der Waals surface area contributed by atoms with Crippen molar-refractivity contribution in [2.75, 3.05) is 18.0 Å². The molecule has 0 spiro atoms. The van der Waals surface area contributed by atoms with E-state index in [1.165, 1.54) is 6.39 Å². The summed E-state index contributed by atoms with van der Waals surface area (Å²) in [5, 5.41) is 4.08. The van der Waals surface area contributed by atoms with E-state index in [1.807, 2.05) is 31.2 Å². The number of aromatic nitrogens is 3. The minimum atomic E-state index is 0.117. The molecule has 0 radical (unpaired) electrons. The zero-order chi connectivity index (χ0) is 22.2. The lowest BCUT2D eigenvalue weighted by Crippen LogP contribution is -2.48. The number of hydrogen-bond acceptors (Lipinski definition) is 7. The molecule has 8 heteroatoms. The molecule has 1 saturated carbocycles. The molecular weight excluding hydrogens is 406 g/mol. The lowest BCUT2D eigenvalue weighted by atomic mass is 10.0. The molecule has 1 amide bonds. The van der Waals surface area contributed by atoms with Crippen LogP contribution in [0.1, 0.15) is 67.3 Å². The third-order valence-corrected chi connectivity index (χ3v) is 6.39. The van der Waals surface area contributed by atoms with Crippen molar-refractivity contribution in [3.05, 3.63) is 47.7 Å². The predicted octanol–water partition coefficient (Wildman–Crippen LogP) is 4.43. The van der Waals surface area contributed by atoms with Crippen molar-refractivity contribution in [1.29, 1.82) is 0 Å². The molecule has 8 nitrogen and oxygen atoms in total. The standard InChI is InChI=1S/C24H29N5O3/c1-15(2)22-26-24(32-27-22)28-12-10-20(11-13-28)29(19-8-9-19)23(30)18-6-4-17(5-7-18)21-16(3)25-14-31-21/h4-7,14-15,19-20H,8-13H2,1-3H3. The number of anilines is 1. The molecule has 2 fully saturated rings. The Balaban J connectivity index is 1.27. The van der Waals surface area contributed by atoms with Crippen LogP contribution in [0.2, 0.25) is 0 Å². The normalized spacial score (nSPS) is 17.2. The number of carbonyl (C=O) groups is 1. The van der Waals surface area contributed by atoms with Gasteiger partial charge in [0, 0.05) is 42.2 Å². The number of piperidine rings is 1. The van der Waals surface area contributed by atoms with Gasteiger partial charge in [-0.05, 0) is 44.7 Å². The highest BCUT2D eigenvalue weighted by Gasteiger charge is 2.39. The van der Waals surface area contributed by atoms with Crippen molar-refractivity contribution >= 4 is 11.9 Å². The molecule has 32 heavy (non-hydrogen) atoms. The van der Waals surface area contributed by atoms with Crippen molar-refractivity contribution in [2.45, 2.75) is 64.5 Å². The van der Waals surface area contributed by atoms with Crippen molar-refractivity contribution in [3.63, 3.8) is 0 Å². The summed E-state index contributed by atoms with van der Waals surface area (Å²) in [5.74, 6) is 1.84. The number of rotatable bonds is 6. The van der Waals surface area contributed by atoms with Gasteiger partial charge in [0.15, 0.2) is 18.0 Å². The molecule has 1 aromatic carbocycles. The summed E-state index contributed by atoms with van der Waals surface area (Å²) in [6, 6.07) is 8.86. The van der Waals surface area contributed by atoms with Gasteiger partial charge in [-0.1, -0.05) is 31.1 Å². The van der Waals surface area contributed by atoms with Crippen molar-refractivity contribution in [1.82, 2.24) is 20.0 Å². The molecule has 5 rings (SSSR count). The average molecular weight is 436 g/mol. The highest BCUT2D eigenvalue weighted by molar-refractivity contribution is 5.95. The predicted molar refractivity (Wildman–Crippen MR) is 119 cm³/mol. The van der Waals surface area contributed by atoms with Crippen LogP contribution in [-0.2, 0) is 0 Å². The van der Waals surface area contributed by atoms with Gasteiger partial charge >= 0.3 is 6.01 Å². The first-order valence-electron chi connectivity index (χ1n) is 11.4. The van der Waals surface area contributed by atoms with Crippen molar-refractivity contribution in [2.24, 2.45) is 0 Å². The molecule has 1 aliphatic carbocycles. The lowest BCUT2D eigenvalue weighted by Gasteiger charge is -2.38. The van der Waals surface area contributed by atoms with Crippen molar-refractivity contribution < 1.29 is 13.7 Å². The summed E-state index contributed by atoms with van der Waals surface area (Å²) in [7, 11) is 0. The van der Waals surface area contributed by atoms with E-state index in [4.69, 9.17) is 8.94 Å². The van der Waals surface area contributed by atoms with Crippen molar-refractivity contribution in [3.8, 4) is 11.3 Å². The summed E-state index contributed by atoms with van der Waals surface area (Å²) >= 11 is 0. The Morgan fingerprint density at radius 3 is 2.34 bits per heavy atom. The molecule has 0 atom stereocenters. The molecule has 0 unspecified atom stereocenters. The van der Waals surface area contributed by atoms with E-state index in [1.54, 1.807) is 0 Å². The van der Waals surface area contributed by atoms with Crippen LogP contribution in [0.25, 0.3) is 11.3 Å². The molecule has 0 bridgehead atoms. The fourth-order valence-corrected chi connectivity index (χ4v) is 4.40. The van der Waals surface area contributed by atoms with E-state index in [9.17, 15) is 4.79 Å². The second-order valence-corrected chi connectivity index (χ2v) is 9.10. The smallest absolute Gasteiger partial charge is 0.324 e. The summed E-state index contributed by atoms with van der Waals surface area (Å²) in [4.78, 5) is 26.4. The van der Waals surface area contributed by atoms with Crippen LogP contribution in [0.3, 0.4) is 0 Å². The van der Waals surface area contributed by atoms with Gasteiger partial charge in [-0.25, -0.2) is 4.98 Å². The first-order chi connectivity index (χ1) is 15.5. The van der Waals surface area contributed by atoms with Crippen LogP contribution in [0.5, 0.6) is 0 Å². The first-order valence-corrected chi connectivity index (χ1v) is 11.4. The largest absolute Gasteiger partial charge is 0.443 e.